The molecule has 2 N–H and O–H groups in total. The summed E-state index contributed by atoms with van der Waals surface area (Å²) in [6, 6.07) is 9.77. The van der Waals surface area contributed by atoms with Gasteiger partial charge in [-0.25, -0.2) is 4.98 Å². The van der Waals surface area contributed by atoms with E-state index in [2.05, 4.69) is 10.3 Å². The highest BCUT2D eigenvalue weighted by atomic mass is 16.4. The number of aryl methyl sites for hydroxylation is 2. The topological polar surface area (TPSA) is 92.4 Å². The number of carbonyl (C=O) groups excluding carboxylic acids is 1. The van der Waals surface area contributed by atoms with Crippen LogP contribution in [0.4, 0.5) is 0 Å². The molecule has 0 saturated carbocycles. The number of aliphatic carboxylic acids is 1. The third-order valence-corrected chi connectivity index (χ3v) is 3.83. The maximum absolute atomic E-state index is 11.8. The zero-order valence-corrected chi connectivity index (χ0v) is 14.5. The van der Waals surface area contributed by atoms with Crippen molar-refractivity contribution in [2.75, 3.05) is 6.54 Å². The molecule has 0 fully saturated rings. The molecule has 1 amide bonds. The second-order valence-corrected chi connectivity index (χ2v) is 5.94. The Balaban J connectivity index is 1.71. The van der Waals surface area contributed by atoms with Gasteiger partial charge >= 0.3 is 5.97 Å². The number of carbonyl (C=O) groups is 2. The maximum Gasteiger partial charge on any atom is 0.303 e. The molecule has 1 aromatic carbocycles. The Morgan fingerprint density at radius 1 is 1.12 bits per heavy atom. The second-order valence-electron chi connectivity index (χ2n) is 5.94. The number of hydrogen-bond donors (Lipinski definition) is 2. The molecule has 6 nitrogen and oxygen atoms in total. The predicted octanol–water partition coefficient (Wildman–Crippen LogP) is 3.34. The second kappa shape index (κ2) is 9.61. The number of carboxylic acids is 1. The Kier molecular flexibility index (Phi) is 7.19. The first kappa shape index (κ1) is 18.7. The van der Waals surface area contributed by atoms with E-state index in [-0.39, 0.29) is 12.3 Å². The van der Waals surface area contributed by atoms with Gasteiger partial charge in [0.1, 0.15) is 0 Å². The summed E-state index contributed by atoms with van der Waals surface area (Å²) in [5.41, 5.74) is 1.80. The lowest BCUT2D eigenvalue weighted by molar-refractivity contribution is -0.137. The van der Waals surface area contributed by atoms with Gasteiger partial charge in [-0.3, -0.25) is 9.59 Å². The van der Waals surface area contributed by atoms with Crippen molar-refractivity contribution in [3.05, 3.63) is 41.9 Å². The number of nitrogens with one attached hydrogen (secondary N) is 1. The van der Waals surface area contributed by atoms with Crippen molar-refractivity contribution in [3.63, 3.8) is 0 Å². The van der Waals surface area contributed by atoms with E-state index in [1.165, 1.54) is 0 Å². The molecule has 0 aliphatic rings. The van der Waals surface area contributed by atoms with E-state index in [9.17, 15) is 9.59 Å². The van der Waals surface area contributed by atoms with Crippen LogP contribution in [0.5, 0.6) is 0 Å². The first-order valence-electron chi connectivity index (χ1n) is 8.56. The van der Waals surface area contributed by atoms with Crippen LogP contribution in [0.25, 0.3) is 11.3 Å². The molecule has 25 heavy (non-hydrogen) atoms. The minimum absolute atomic E-state index is 0.0460. The van der Waals surface area contributed by atoms with E-state index in [4.69, 9.17) is 9.52 Å². The fourth-order valence-corrected chi connectivity index (χ4v) is 2.53. The van der Waals surface area contributed by atoms with Crippen LogP contribution in [0.15, 0.2) is 34.7 Å². The average molecular weight is 344 g/mol. The van der Waals surface area contributed by atoms with Crippen LogP contribution in [0.3, 0.4) is 0 Å². The lowest BCUT2D eigenvalue weighted by atomic mass is 10.1. The van der Waals surface area contributed by atoms with Gasteiger partial charge in [0.2, 0.25) is 5.91 Å². The number of benzene rings is 1. The number of carboxylic acid groups (broad SMARTS) is 1. The number of amides is 1. The molecule has 1 aromatic heterocycles. The number of oxazole rings is 1. The number of hydrogen-bond acceptors (Lipinski definition) is 4. The van der Waals surface area contributed by atoms with Gasteiger partial charge in [0.05, 0.1) is 5.69 Å². The summed E-state index contributed by atoms with van der Waals surface area (Å²) in [6.07, 6.45) is 3.19. The van der Waals surface area contributed by atoms with Crippen molar-refractivity contribution in [3.8, 4) is 11.3 Å². The summed E-state index contributed by atoms with van der Waals surface area (Å²) in [6.45, 7) is 2.46. The molecule has 0 aliphatic carbocycles. The van der Waals surface area contributed by atoms with Gasteiger partial charge in [0.25, 0.3) is 0 Å². The Bertz CT molecular complexity index is 695. The average Bonchev–Trinajstić information content (AvgIpc) is 2.97. The summed E-state index contributed by atoms with van der Waals surface area (Å²) in [4.78, 5) is 26.6. The van der Waals surface area contributed by atoms with Gasteiger partial charge in [-0.1, -0.05) is 36.8 Å². The predicted molar refractivity (Wildman–Crippen MR) is 94.1 cm³/mol. The number of unbranched alkanes of at least 4 members (excludes halogenated alkanes) is 2. The molecule has 0 unspecified atom stereocenters. The van der Waals surface area contributed by atoms with Gasteiger partial charge in [0.15, 0.2) is 11.7 Å². The first-order chi connectivity index (χ1) is 12.1. The summed E-state index contributed by atoms with van der Waals surface area (Å²) < 4.78 is 5.78. The van der Waals surface area contributed by atoms with Crippen molar-refractivity contribution >= 4 is 11.9 Å². The molecular formula is C19H24N2O4. The summed E-state index contributed by atoms with van der Waals surface area (Å²) in [7, 11) is 0. The Morgan fingerprint density at radius 3 is 2.60 bits per heavy atom. The van der Waals surface area contributed by atoms with Gasteiger partial charge in [-0.05, 0) is 19.8 Å². The van der Waals surface area contributed by atoms with Crippen LogP contribution in [-0.2, 0) is 16.0 Å². The van der Waals surface area contributed by atoms with Crippen LogP contribution in [-0.4, -0.2) is 28.5 Å². The number of rotatable bonds is 10. The molecule has 1 heterocycles. The maximum atomic E-state index is 11.8. The van der Waals surface area contributed by atoms with Crippen molar-refractivity contribution < 1.29 is 19.1 Å². The highest BCUT2D eigenvalue weighted by Gasteiger charge is 2.12. The van der Waals surface area contributed by atoms with Crippen LogP contribution < -0.4 is 5.32 Å². The summed E-state index contributed by atoms with van der Waals surface area (Å²) >= 11 is 0. The standard InChI is InChI=1S/C19H24N2O4/c1-14-19(15-8-4-2-5-9-15)25-17(21-14)12-11-16(22)20-13-7-3-6-10-18(23)24/h2,4-5,8-9H,3,6-7,10-13H2,1H3,(H,20,22)(H,23,24). The van der Waals surface area contributed by atoms with Crippen LogP contribution in [0.2, 0.25) is 0 Å². The molecule has 0 saturated heterocycles. The van der Waals surface area contributed by atoms with E-state index in [1.807, 2.05) is 37.3 Å². The largest absolute Gasteiger partial charge is 0.481 e. The van der Waals surface area contributed by atoms with Crippen LogP contribution >= 0.6 is 0 Å². The van der Waals surface area contributed by atoms with E-state index < -0.39 is 5.97 Å². The van der Waals surface area contributed by atoms with Crippen LogP contribution in [0, 0.1) is 6.92 Å². The van der Waals surface area contributed by atoms with Crippen molar-refractivity contribution in [2.24, 2.45) is 0 Å². The molecule has 2 rings (SSSR count). The monoisotopic (exact) mass is 344 g/mol. The van der Waals surface area contributed by atoms with E-state index in [0.29, 0.717) is 31.7 Å². The Labute approximate surface area is 147 Å². The minimum atomic E-state index is -0.778. The van der Waals surface area contributed by atoms with Crippen molar-refractivity contribution in [2.45, 2.75) is 45.4 Å². The highest BCUT2D eigenvalue weighted by Crippen LogP contribution is 2.24. The van der Waals surface area contributed by atoms with Crippen molar-refractivity contribution in [1.82, 2.24) is 10.3 Å². The lowest BCUT2D eigenvalue weighted by Gasteiger charge is -2.03. The zero-order chi connectivity index (χ0) is 18.1. The summed E-state index contributed by atoms with van der Waals surface area (Å²) in [5, 5.41) is 11.4. The first-order valence-corrected chi connectivity index (χ1v) is 8.56. The molecule has 6 heteroatoms. The van der Waals surface area contributed by atoms with E-state index in [1.54, 1.807) is 0 Å². The molecule has 0 spiro atoms. The molecule has 0 aliphatic heterocycles. The number of nitrogens with zero attached hydrogens (tertiary/aromatic N) is 1. The zero-order valence-electron chi connectivity index (χ0n) is 14.5. The van der Waals surface area contributed by atoms with E-state index in [0.717, 1.165) is 29.9 Å². The highest BCUT2D eigenvalue weighted by molar-refractivity contribution is 5.76. The van der Waals surface area contributed by atoms with Crippen molar-refractivity contribution in [1.29, 1.82) is 0 Å². The normalized spacial score (nSPS) is 10.6. The van der Waals surface area contributed by atoms with Crippen LogP contribution in [0.1, 0.15) is 43.7 Å². The molecular weight excluding hydrogens is 320 g/mol. The fraction of sp³-hybridized carbons (Fsp3) is 0.421. The molecule has 0 radical (unpaired) electrons. The number of aromatic nitrogens is 1. The Morgan fingerprint density at radius 2 is 1.88 bits per heavy atom. The van der Waals surface area contributed by atoms with Gasteiger partial charge in [0, 0.05) is 31.4 Å². The minimum Gasteiger partial charge on any atom is -0.481 e. The fourth-order valence-electron chi connectivity index (χ4n) is 2.53. The summed E-state index contributed by atoms with van der Waals surface area (Å²) in [5.74, 6) is 0.484. The third-order valence-electron chi connectivity index (χ3n) is 3.83. The molecule has 0 atom stereocenters. The Hall–Kier alpha value is -2.63. The molecule has 2 aromatic rings. The smallest absolute Gasteiger partial charge is 0.303 e. The third kappa shape index (κ3) is 6.41. The van der Waals surface area contributed by atoms with Gasteiger partial charge in [-0.15, -0.1) is 0 Å². The van der Waals surface area contributed by atoms with Gasteiger partial charge in [-0.2, -0.15) is 0 Å². The molecule has 134 valence electrons. The van der Waals surface area contributed by atoms with Gasteiger partial charge < -0.3 is 14.8 Å². The lowest BCUT2D eigenvalue weighted by Crippen LogP contribution is -2.24. The quantitative estimate of drug-likeness (QED) is 0.645. The molecule has 0 bridgehead atoms. The van der Waals surface area contributed by atoms with E-state index >= 15 is 0 Å². The SMILES string of the molecule is Cc1nc(CCC(=O)NCCCCCC(=O)O)oc1-c1ccccc1.